The number of benzene rings is 2. The number of hydrogen-bond acceptors (Lipinski definition) is 5. The van der Waals surface area contributed by atoms with Gasteiger partial charge in [-0.15, -0.1) is 0 Å². The van der Waals surface area contributed by atoms with Crippen LogP contribution < -0.4 is 0 Å². The van der Waals surface area contributed by atoms with Gasteiger partial charge in [0.25, 0.3) is 5.69 Å². The van der Waals surface area contributed by atoms with Crippen LogP contribution in [0.2, 0.25) is 0 Å². The van der Waals surface area contributed by atoms with Crippen LogP contribution in [0.4, 0.5) is 5.69 Å². The number of hydrogen-bond donors (Lipinski definition) is 0. The van der Waals surface area contributed by atoms with E-state index in [4.69, 9.17) is 4.74 Å². The fraction of sp³-hybridized carbons (Fsp3) is 0.364. The molecule has 0 radical (unpaired) electrons. The van der Waals surface area contributed by atoms with Crippen molar-refractivity contribution in [3.63, 3.8) is 0 Å². The van der Waals surface area contributed by atoms with Crippen molar-refractivity contribution in [2.24, 2.45) is 5.92 Å². The monoisotopic (exact) mass is 393 g/mol. The zero-order valence-electron chi connectivity index (χ0n) is 16.3. The normalized spacial score (nSPS) is 19.2. The van der Waals surface area contributed by atoms with Gasteiger partial charge in [-0.1, -0.05) is 25.5 Å². The standard InChI is InChI=1S/C22H23N3O4/c1-15-5-4-6-18(13-15)29-21(26)14-24-20-8-3-2-7-19(20)23-22(24)16-9-11-17(12-10-16)25(27)28/h2-3,7-12,15,18H,4-6,13-14H2,1H3. The van der Waals surface area contributed by atoms with E-state index < -0.39 is 4.92 Å². The van der Waals surface area contributed by atoms with E-state index in [0.717, 1.165) is 30.3 Å². The highest BCUT2D eigenvalue weighted by atomic mass is 16.6. The number of aromatic nitrogens is 2. The molecule has 3 aromatic rings. The molecule has 4 rings (SSSR count). The van der Waals surface area contributed by atoms with Crippen LogP contribution in [0.25, 0.3) is 22.4 Å². The first kappa shape index (κ1) is 19.1. The fourth-order valence-corrected chi connectivity index (χ4v) is 4.03. The molecule has 0 aliphatic heterocycles. The maximum Gasteiger partial charge on any atom is 0.326 e. The molecule has 1 heterocycles. The topological polar surface area (TPSA) is 87.3 Å². The van der Waals surface area contributed by atoms with Gasteiger partial charge in [0, 0.05) is 17.7 Å². The van der Waals surface area contributed by atoms with Gasteiger partial charge in [-0.25, -0.2) is 4.98 Å². The van der Waals surface area contributed by atoms with E-state index in [1.165, 1.54) is 18.6 Å². The van der Waals surface area contributed by atoms with Crippen LogP contribution in [0.15, 0.2) is 48.5 Å². The Hall–Kier alpha value is -3.22. The van der Waals surface area contributed by atoms with E-state index in [1.807, 2.05) is 28.8 Å². The number of fused-ring (bicyclic) bond motifs is 1. The Balaban J connectivity index is 1.63. The largest absolute Gasteiger partial charge is 0.461 e. The molecule has 7 heteroatoms. The van der Waals surface area contributed by atoms with E-state index in [0.29, 0.717) is 17.3 Å². The molecule has 7 nitrogen and oxygen atoms in total. The summed E-state index contributed by atoms with van der Waals surface area (Å²) in [5.74, 6) is 0.886. The van der Waals surface area contributed by atoms with Gasteiger partial charge < -0.3 is 9.30 Å². The molecule has 1 saturated carbocycles. The van der Waals surface area contributed by atoms with Crippen molar-refractivity contribution in [1.82, 2.24) is 9.55 Å². The molecule has 2 atom stereocenters. The first-order valence-corrected chi connectivity index (χ1v) is 9.91. The summed E-state index contributed by atoms with van der Waals surface area (Å²) in [6, 6.07) is 13.8. The summed E-state index contributed by atoms with van der Waals surface area (Å²) >= 11 is 0. The number of carbonyl (C=O) groups excluding carboxylic acids is 1. The molecule has 29 heavy (non-hydrogen) atoms. The Labute approximate surface area is 168 Å². The molecule has 0 saturated heterocycles. The number of carbonyl (C=O) groups is 1. The lowest BCUT2D eigenvalue weighted by Crippen LogP contribution is -2.26. The molecule has 0 spiro atoms. The van der Waals surface area contributed by atoms with Crippen molar-refractivity contribution in [1.29, 1.82) is 0 Å². The molecule has 0 amide bonds. The van der Waals surface area contributed by atoms with Gasteiger partial charge in [-0.2, -0.15) is 0 Å². The van der Waals surface area contributed by atoms with Crippen LogP contribution in [-0.4, -0.2) is 26.5 Å². The van der Waals surface area contributed by atoms with Gasteiger partial charge in [-0.05, 0) is 49.4 Å². The van der Waals surface area contributed by atoms with Crippen LogP contribution in [-0.2, 0) is 16.1 Å². The molecule has 2 aromatic carbocycles. The zero-order chi connectivity index (χ0) is 20.4. The Morgan fingerprint density at radius 1 is 1.21 bits per heavy atom. The molecule has 0 bridgehead atoms. The predicted molar refractivity (Wildman–Crippen MR) is 109 cm³/mol. The average molecular weight is 393 g/mol. The number of nitro groups is 1. The highest BCUT2D eigenvalue weighted by Gasteiger charge is 2.23. The van der Waals surface area contributed by atoms with Crippen molar-refractivity contribution >= 4 is 22.7 Å². The number of imidazole rings is 1. The maximum absolute atomic E-state index is 12.7. The quantitative estimate of drug-likeness (QED) is 0.355. The molecular weight excluding hydrogens is 370 g/mol. The number of non-ortho nitro benzene ring substituents is 1. The molecular formula is C22H23N3O4. The Kier molecular flexibility index (Phi) is 5.29. The summed E-state index contributed by atoms with van der Waals surface area (Å²) in [6.45, 7) is 2.24. The summed E-state index contributed by atoms with van der Waals surface area (Å²) < 4.78 is 7.57. The lowest BCUT2D eigenvalue weighted by atomic mass is 9.89. The van der Waals surface area contributed by atoms with Crippen LogP contribution in [0.1, 0.15) is 32.6 Å². The lowest BCUT2D eigenvalue weighted by Gasteiger charge is -2.26. The van der Waals surface area contributed by atoms with Crippen LogP contribution in [0.3, 0.4) is 0 Å². The van der Waals surface area contributed by atoms with E-state index in [2.05, 4.69) is 11.9 Å². The molecule has 150 valence electrons. The van der Waals surface area contributed by atoms with Crippen molar-refractivity contribution in [2.45, 2.75) is 45.3 Å². The highest BCUT2D eigenvalue weighted by molar-refractivity contribution is 5.83. The second-order valence-corrected chi connectivity index (χ2v) is 7.70. The SMILES string of the molecule is CC1CCCC(OC(=O)Cn2c(-c3ccc([N+](=O)[O-])cc3)nc3ccccc32)C1. The molecule has 1 aliphatic carbocycles. The number of para-hydroxylation sites is 2. The van der Waals surface area contributed by atoms with E-state index >= 15 is 0 Å². The zero-order valence-corrected chi connectivity index (χ0v) is 16.3. The Morgan fingerprint density at radius 2 is 1.97 bits per heavy atom. The van der Waals surface area contributed by atoms with Gasteiger partial charge in [0.1, 0.15) is 18.5 Å². The summed E-state index contributed by atoms with van der Waals surface area (Å²) in [4.78, 5) is 27.9. The summed E-state index contributed by atoms with van der Waals surface area (Å²) in [7, 11) is 0. The minimum absolute atomic E-state index is 0.0160. The molecule has 1 fully saturated rings. The summed E-state index contributed by atoms with van der Waals surface area (Å²) in [5.41, 5.74) is 2.32. The van der Waals surface area contributed by atoms with Crippen molar-refractivity contribution in [3.8, 4) is 11.4 Å². The van der Waals surface area contributed by atoms with Gasteiger partial charge in [0.2, 0.25) is 0 Å². The molecule has 0 N–H and O–H groups in total. The van der Waals surface area contributed by atoms with Crippen LogP contribution >= 0.6 is 0 Å². The summed E-state index contributed by atoms with van der Waals surface area (Å²) in [6.07, 6.45) is 4.07. The van der Waals surface area contributed by atoms with Gasteiger partial charge in [-0.3, -0.25) is 14.9 Å². The van der Waals surface area contributed by atoms with Gasteiger partial charge in [0.15, 0.2) is 0 Å². The number of nitro benzene ring substituents is 1. The number of esters is 1. The minimum atomic E-state index is -0.435. The molecule has 1 aromatic heterocycles. The van der Waals surface area contributed by atoms with E-state index in [9.17, 15) is 14.9 Å². The van der Waals surface area contributed by atoms with Crippen molar-refractivity contribution in [2.75, 3.05) is 0 Å². The molecule has 1 aliphatic rings. The Morgan fingerprint density at radius 3 is 2.69 bits per heavy atom. The first-order valence-electron chi connectivity index (χ1n) is 9.91. The highest BCUT2D eigenvalue weighted by Crippen LogP contribution is 2.28. The fourth-order valence-electron chi connectivity index (χ4n) is 4.03. The van der Waals surface area contributed by atoms with Gasteiger partial charge in [0.05, 0.1) is 16.0 Å². The minimum Gasteiger partial charge on any atom is -0.461 e. The number of nitrogens with zero attached hydrogens (tertiary/aromatic N) is 3. The van der Waals surface area contributed by atoms with Crippen molar-refractivity contribution in [3.05, 3.63) is 58.6 Å². The smallest absolute Gasteiger partial charge is 0.326 e. The van der Waals surface area contributed by atoms with Crippen LogP contribution in [0.5, 0.6) is 0 Å². The lowest BCUT2D eigenvalue weighted by molar-refractivity contribution is -0.384. The number of ether oxygens (including phenoxy) is 1. The van der Waals surface area contributed by atoms with E-state index in [1.54, 1.807) is 12.1 Å². The first-order chi connectivity index (χ1) is 14.0. The summed E-state index contributed by atoms with van der Waals surface area (Å²) in [5, 5.41) is 10.9. The second kappa shape index (κ2) is 8.03. The predicted octanol–water partition coefficient (Wildman–Crippen LogP) is 4.73. The average Bonchev–Trinajstić information content (AvgIpc) is 3.06. The van der Waals surface area contributed by atoms with Crippen LogP contribution in [0, 0.1) is 16.0 Å². The molecule has 2 unspecified atom stereocenters. The second-order valence-electron chi connectivity index (χ2n) is 7.70. The third kappa shape index (κ3) is 4.13. The Bertz CT molecular complexity index is 1040. The number of rotatable bonds is 5. The third-order valence-corrected chi connectivity index (χ3v) is 5.46. The van der Waals surface area contributed by atoms with Crippen molar-refractivity contribution < 1.29 is 14.5 Å². The maximum atomic E-state index is 12.7. The third-order valence-electron chi connectivity index (χ3n) is 5.46. The van der Waals surface area contributed by atoms with Gasteiger partial charge >= 0.3 is 5.97 Å². The van der Waals surface area contributed by atoms with E-state index in [-0.39, 0.29) is 24.3 Å².